The van der Waals surface area contributed by atoms with E-state index in [1.807, 2.05) is 37.3 Å². The van der Waals surface area contributed by atoms with E-state index in [1.165, 1.54) is 11.3 Å². The lowest BCUT2D eigenvalue weighted by Crippen LogP contribution is -2.27. The quantitative estimate of drug-likeness (QED) is 0.934. The smallest absolute Gasteiger partial charge is 0.204 e. The Morgan fingerprint density at radius 2 is 2.19 bits per heavy atom. The molecule has 1 aromatic carbocycles. The largest absolute Gasteiger partial charge is 0.493 e. The van der Waals surface area contributed by atoms with Gasteiger partial charge >= 0.3 is 0 Å². The molecule has 1 aliphatic rings. The number of anilines is 1. The number of hydrogen-bond acceptors (Lipinski definition) is 4. The summed E-state index contributed by atoms with van der Waals surface area (Å²) in [5.74, 6) is 1.97. The van der Waals surface area contributed by atoms with Gasteiger partial charge in [-0.3, -0.25) is 0 Å². The van der Waals surface area contributed by atoms with Crippen molar-refractivity contribution in [2.24, 2.45) is 7.05 Å². The van der Waals surface area contributed by atoms with Crippen LogP contribution < -0.4 is 15.0 Å². The standard InChI is InChI=1S/C16H22N4O/c1-19(2)16-18-11-12(20(16)3)10-17-14-8-9-21-15-7-5-4-6-13(14)15/h4-7,11,14,17H,8-10H2,1-3H3. The highest BCUT2D eigenvalue weighted by atomic mass is 16.5. The Hall–Kier alpha value is -2.01. The van der Waals surface area contributed by atoms with Crippen LogP contribution in [0.4, 0.5) is 5.95 Å². The molecule has 0 amide bonds. The van der Waals surface area contributed by atoms with Gasteiger partial charge in [0.1, 0.15) is 5.75 Å². The number of aromatic nitrogens is 2. The van der Waals surface area contributed by atoms with E-state index >= 15 is 0 Å². The Labute approximate surface area is 125 Å². The molecule has 112 valence electrons. The number of hydrogen-bond donors (Lipinski definition) is 1. The minimum absolute atomic E-state index is 0.340. The predicted octanol–water partition coefficient (Wildman–Crippen LogP) is 2.10. The van der Waals surface area contributed by atoms with Gasteiger partial charge in [0.25, 0.3) is 0 Å². The fourth-order valence-electron chi connectivity index (χ4n) is 2.80. The van der Waals surface area contributed by atoms with Crippen molar-refractivity contribution in [2.75, 3.05) is 25.6 Å². The topological polar surface area (TPSA) is 42.3 Å². The van der Waals surface area contributed by atoms with E-state index in [2.05, 4.69) is 34.0 Å². The fraction of sp³-hybridized carbons (Fsp3) is 0.438. The normalized spacial score (nSPS) is 17.2. The molecule has 0 bridgehead atoms. The molecule has 0 aliphatic carbocycles. The maximum absolute atomic E-state index is 5.70. The molecule has 0 spiro atoms. The van der Waals surface area contributed by atoms with Crippen LogP contribution in [0.3, 0.4) is 0 Å². The molecule has 5 heteroatoms. The molecule has 21 heavy (non-hydrogen) atoms. The number of nitrogens with one attached hydrogen (secondary N) is 1. The molecule has 1 N–H and O–H groups in total. The molecule has 1 aromatic heterocycles. The highest BCUT2D eigenvalue weighted by Gasteiger charge is 2.20. The second kappa shape index (κ2) is 5.77. The molecule has 2 heterocycles. The van der Waals surface area contributed by atoms with E-state index in [0.29, 0.717) is 6.04 Å². The minimum atomic E-state index is 0.340. The van der Waals surface area contributed by atoms with Crippen molar-refractivity contribution in [1.82, 2.24) is 14.9 Å². The first kappa shape index (κ1) is 13.9. The highest BCUT2D eigenvalue weighted by molar-refractivity contribution is 5.37. The van der Waals surface area contributed by atoms with E-state index in [4.69, 9.17) is 4.74 Å². The second-order valence-electron chi connectivity index (χ2n) is 5.61. The van der Waals surface area contributed by atoms with Crippen LogP contribution in [-0.2, 0) is 13.6 Å². The predicted molar refractivity (Wildman–Crippen MR) is 83.7 cm³/mol. The number of ether oxygens (including phenoxy) is 1. The first-order valence-electron chi connectivity index (χ1n) is 7.30. The van der Waals surface area contributed by atoms with Crippen LogP contribution in [0.25, 0.3) is 0 Å². The summed E-state index contributed by atoms with van der Waals surface area (Å²) in [5, 5.41) is 3.63. The average Bonchev–Trinajstić information content (AvgIpc) is 2.86. The maximum atomic E-state index is 5.70. The summed E-state index contributed by atoms with van der Waals surface area (Å²) in [6.07, 6.45) is 2.93. The van der Waals surface area contributed by atoms with E-state index < -0.39 is 0 Å². The molecular weight excluding hydrogens is 264 g/mol. The van der Waals surface area contributed by atoms with E-state index in [1.54, 1.807) is 0 Å². The third kappa shape index (κ3) is 2.74. The number of rotatable bonds is 4. The van der Waals surface area contributed by atoms with Gasteiger partial charge in [-0.15, -0.1) is 0 Å². The lowest BCUT2D eigenvalue weighted by atomic mass is 10.0. The molecule has 1 aliphatic heterocycles. The van der Waals surface area contributed by atoms with Crippen LogP contribution in [0.1, 0.15) is 23.7 Å². The van der Waals surface area contributed by atoms with Crippen LogP contribution in [0.2, 0.25) is 0 Å². The molecule has 0 saturated carbocycles. The van der Waals surface area contributed by atoms with Crippen molar-refractivity contribution in [1.29, 1.82) is 0 Å². The monoisotopic (exact) mass is 286 g/mol. The first-order valence-corrected chi connectivity index (χ1v) is 7.30. The van der Waals surface area contributed by atoms with Crippen LogP contribution in [0.5, 0.6) is 5.75 Å². The summed E-state index contributed by atoms with van der Waals surface area (Å²) >= 11 is 0. The summed E-state index contributed by atoms with van der Waals surface area (Å²) in [6.45, 7) is 1.57. The van der Waals surface area contributed by atoms with Crippen LogP contribution in [0.15, 0.2) is 30.5 Å². The van der Waals surface area contributed by atoms with Crippen LogP contribution >= 0.6 is 0 Å². The van der Waals surface area contributed by atoms with Crippen molar-refractivity contribution in [3.8, 4) is 5.75 Å². The minimum Gasteiger partial charge on any atom is -0.493 e. The highest BCUT2D eigenvalue weighted by Crippen LogP contribution is 2.31. The summed E-state index contributed by atoms with van der Waals surface area (Å²) in [7, 11) is 6.07. The SMILES string of the molecule is CN(C)c1ncc(CNC2CCOc3ccccc32)n1C. The third-order valence-electron chi connectivity index (χ3n) is 3.95. The van der Waals surface area contributed by atoms with Gasteiger partial charge in [0.05, 0.1) is 18.5 Å². The number of fused-ring (bicyclic) bond motifs is 1. The van der Waals surface area contributed by atoms with Crippen LogP contribution in [-0.4, -0.2) is 30.3 Å². The Bertz CT molecular complexity index is 620. The molecule has 2 aromatic rings. The van der Waals surface area contributed by atoms with Crippen molar-refractivity contribution in [2.45, 2.75) is 19.0 Å². The number of para-hydroxylation sites is 1. The maximum Gasteiger partial charge on any atom is 0.204 e. The third-order valence-corrected chi connectivity index (χ3v) is 3.95. The van der Waals surface area contributed by atoms with Gasteiger partial charge in [-0.1, -0.05) is 18.2 Å². The molecule has 0 radical (unpaired) electrons. The summed E-state index contributed by atoms with van der Waals surface area (Å²) < 4.78 is 7.82. The molecule has 3 rings (SSSR count). The van der Waals surface area contributed by atoms with E-state index in [9.17, 15) is 0 Å². The van der Waals surface area contributed by atoms with E-state index in [0.717, 1.165) is 31.3 Å². The van der Waals surface area contributed by atoms with Crippen molar-refractivity contribution in [3.63, 3.8) is 0 Å². The summed E-state index contributed by atoms with van der Waals surface area (Å²) in [6, 6.07) is 8.60. The molecule has 5 nitrogen and oxygen atoms in total. The van der Waals surface area contributed by atoms with Gasteiger partial charge in [-0.05, 0) is 6.07 Å². The zero-order valence-corrected chi connectivity index (χ0v) is 12.8. The number of benzene rings is 1. The average molecular weight is 286 g/mol. The fourth-order valence-corrected chi connectivity index (χ4v) is 2.80. The van der Waals surface area contributed by atoms with Gasteiger partial charge in [-0.25, -0.2) is 4.98 Å². The Morgan fingerprint density at radius 1 is 1.38 bits per heavy atom. The van der Waals surface area contributed by atoms with Gasteiger partial charge in [0.15, 0.2) is 0 Å². The van der Waals surface area contributed by atoms with E-state index in [-0.39, 0.29) is 0 Å². The van der Waals surface area contributed by atoms with Crippen molar-refractivity contribution >= 4 is 5.95 Å². The van der Waals surface area contributed by atoms with Gasteiger partial charge in [0.2, 0.25) is 5.95 Å². The molecule has 1 unspecified atom stereocenters. The lowest BCUT2D eigenvalue weighted by Gasteiger charge is -2.26. The first-order chi connectivity index (χ1) is 10.2. The molecule has 0 fully saturated rings. The summed E-state index contributed by atoms with van der Waals surface area (Å²) in [4.78, 5) is 6.47. The Morgan fingerprint density at radius 3 is 2.95 bits per heavy atom. The summed E-state index contributed by atoms with van der Waals surface area (Å²) in [5.41, 5.74) is 2.43. The Balaban J connectivity index is 1.72. The zero-order valence-electron chi connectivity index (χ0n) is 12.8. The van der Waals surface area contributed by atoms with Gasteiger partial charge < -0.3 is 19.5 Å². The van der Waals surface area contributed by atoms with Gasteiger partial charge in [0, 0.05) is 45.7 Å². The van der Waals surface area contributed by atoms with Crippen molar-refractivity contribution in [3.05, 3.63) is 41.7 Å². The van der Waals surface area contributed by atoms with Crippen molar-refractivity contribution < 1.29 is 4.74 Å². The molecular formula is C16H22N4O. The molecule has 1 atom stereocenters. The second-order valence-corrected chi connectivity index (χ2v) is 5.61. The van der Waals surface area contributed by atoms with Crippen LogP contribution in [0, 0.1) is 0 Å². The molecule has 0 saturated heterocycles. The van der Waals surface area contributed by atoms with Gasteiger partial charge in [-0.2, -0.15) is 0 Å². The lowest BCUT2D eigenvalue weighted by molar-refractivity contribution is 0.251. The zero-order chi connectivity index (χ0) is 14.8. The Kier molecular flexibility index (Phi) is 3.84. The number of imidazole rings is 1. The number of nitrogens with zero attached hydrogens (tertiary/aromatic N) is 3.